The van der Waals surface area contributed by atoms with Gasteiger partial charge >= 0.3 is 6.03 Å². The van der Waals surface area contributed by atoms with Crippen LogP contribution in [0, 0.1) is 5.82 Å². The van der Waals surface area contributed by atoms with Crippen LogP contribution in [0.3, 0.4) is 0 Å². The van der Waals surface area contributed by atoms with Crippen molar-refractivity contribution in [3.8, 4) is 5.75 Å². The smallest absolute Gasteiger partial charge is 0.322 e. The van der Waals surface area contributed by atoms with Gasteiger partial charge in [-0.1, -0.05) is 6.07 Å². The van der Waals surface area contributed by atoms with Crippen molar-refractivity contribution in [2.45, 2.75) is 18.9 Å². The second kappa shape index (κ2) is 6.64. The number of halogens is 1. The molecule has 122 valence electrons. The van der Waals surface area contributed by atoms with E-state index in [1.54, 1.807) is 22.0 Å². The Kier molecular flexibility index (Phi) is 4.40. The molecule has 23 heavy (non-hydrogen) atoms. The number of aromatic nitrogens is 3. The monoisotopic (exact) mass is 319 g/mol. The lowest BCUT2D eigenvalue weighted by molar-refractivity contribution is 0.174. The fourth-order valence-corrected chi connectivity index (χ4v) is 2.74. The molecule has 0 bridgehead atoms. The van der Waals surface area contributed by atoms with Gasteiger partial charge in [0.15, 0.2) is 5.82 Å². The van der Waals surface area contributed by atoms with Crippen LogP contribution in [-0.2, 0) is 0 Å². The van der Waals surface area contributed by atoms with E-state index in [1.165, 1.54) is 25.6 Å². The molecule has 0 saturated carbocycles. The quantitative estimate of drug-likeness (QED) is 0.942. The molecule has 2 heterocycles. The van der Waals surface area contributed by atoms with Crippen LogP contribution in [0.2, 0.25) is 0 Å². The summed E-state index contributed by atoms with van der Waals surface area (Å²) >= 11 is 0. The lowest BCUT2D eigenvalue weighted by Gasteiger charge is -2.32. The van der Waals surface area contributed by atoms with Crippen molar-refractivity contribution in [1.29, 1.82) is 0 Å². The number of piperidine rings is 1. The van der Waals surface area contributed by atoms with Crippen molar-refractivity contribution in [3.63, 3.8) is 0 Å². The molecule has 1 aromatic carbocycles. The van der Waals surface area contributed by atoms with Crippen molar-refractivity contribution in [1.82, 2.24) is 19.7 Å². The zero-order valence-electron chi connectivity index (χ0n) is 12.8. The van der Waals surface area contributed by atoms with Gasteiger partial charge in [-0.15, -0.1) is 0 Å². The van der Waals surface area contributed by atoms with E-state index < -0.39 is 5.82 Å². The Labute approximate surface area is 133 Å². The van der Waals surface area contributed by atoms with Gasteiger partial charge < -0.3 is 15.0 Å². The second-order valence-corrected chi connectivity index (χ2v) is 5.36. The zero-order valence-corrected chi connectivity index (χ0v) is 12.8. The molecule has 0 radical (unpaired) electrons. The average molecular weight is 319 g/mol. The molecule has 0 spiro atoms. The Bertz CT molecular complexity index is 677. The molecule has 1 aliphatic heterocycles. The Morgan fingerprint density at radius 3 is 3.09 bits per heavy atom. The molecular weight excluding hydrogens is 301 g/mol. The molecule has 1 saturated heterocycles. The molecule has 1 N–H and O–H groups in total. The fraction of sp³-hybridized carbons (Fsp3) is 0.400. The van der Waals surface area contributed by atoms with E-state index >= 15 is 0 Å². The summed E-state index contributed by atoms with van der Waals surface area (Å²) in [7, 11) is 1.44. The molecule has 1 fully saturated rings. The van der Waals surface area contributed by atoms with Crippen molar-refractivity contribution in [2.75, 3.05) is 25.5 Å². The van der Waals surface area contributed by atoms with E-state index in [9.17, 15) is 9.18 Å². The summed E-state index contributed by atoms with van der Waals surface area (Å²) in [5.74, 6) is -0.231. The number of carbonyl (C=O) groups is 1. The number of likely N-dealkylation sites (tertiary alicyclic amines) is 1. The maximum Gasteiger partial charge on any atom is 0.322 e. The third-order valence-electron chi connectivity index (χ3n) is 3.92. The minimum atomic E-state index is -0.525. The van der Waals surface area contributed by atoms with Gasteiger partial charge in [0.25, 0.3) is 0 Å². The third kappa shape index (κ3) is 3.25. The highest BCUT2D eigenvalue weighted by molar-refractivity contribution is 5.91. The highest BCUT2D eigenvalue weighted by Crippen LogP contribution is 2.28. The fourth-order valence-electron chi connectivity index (χ4n) is 2.74. The lowest BCUT2D eigenvalue weighted by Crippen LogP contribution is -2.43. The first-order valence-corrected chi connectivity index (χ1v) is 7.41. The number of nitrogens with zero attached hydrogens (tertiary/aromatic N) is 4. The highest BCUT2D eigenvalue weighted by atomic mass is 19.1. The van der Waals surface area contributed by atoms with Gasteiger partial charge in [0.05, 0.1) is 13.2 Å². The van der Waals surface area contributed by atoms with Gasteiger partial charge in [-0.2, -0.15) is 5.10 Å². The lowest BCUT2D eigenvalue weighted by atomic mass is 10.1. The summed E-state index contributed by atoms with van der Waals surface area (Å²) < 4.78 is 20.8. The SMILES string of the molecule is COc1cccc(F)c1NC(=O)N1CCC[C@H](n2cncn2)C1. The summed E-state index contributed by atoms with van der Waals surface area (Å²) in [6.45, 7) is 1.12. The number of rotatable bonds is 3. The van der Waals surface area contributed by atoms with Crippen molar-refractivity contribution >= 4 is 11.7 Å². The van der Waals surface area contributed by atoms with Crippen molar-refractivity contribution in [2.24, 2.45) is 0 Å². The summed E-state index contributed by atoms with van der Waals surface area (Å²) in [5, 5.41) is 6.73. The number of urea groups is 1. The number of anilines is 1. The van der Waals surface area contributed by atoms with Gasteiger partial charge in [-0.25, -0.2) is 18.9 Å². The number of hydrogen-bond acceptors (Lipinski definition) is 4. The normalized spacial score (nSPS) is 17.8. The number of amides is 2. The maximum absolute atomic E-state index is 13.9. The summed E-state index contributed by atoms with van der Waals surface area (Å²) in [5.41, 5.74) is 0.0582. The van der Waals surface area contributed by atoms with Gasteiger partial charge in [0.1, 0.15) is 24.1 Å². The molecule has 0 unspecified atom stereocenters. The van der Waals surface area contributed by atoms with Crippen LogP contribution < -0.4 is 10.1 Å². The predicted octanol–water partition coefficient (Wildman–Crippen LogP) is 2.29. The highest BCUT2D eigenvalue weighted by Gasteiger charge is 2.26. The molecule has 8 heteroatoms. The number of methoxy groups -OCH3 is 1. The van der Waals surface area contributed by atoms with Crippen LogP contribution in [0.5, 0.6) is 5.75 Å². The van der Waals surface area contributed by atoms with E-state index in [4.69, 9.17) is 4.74 Å². The van der Waals surface area contributed by atoms with Gasteiger partial charge in [-0.3, -0.25) is 0 Å². The first-order valence-electron chi connectivity index (χ1n) is 7.41. The largest absolute Gasteiger partial charge is 0.494 e. The van der Waals surface area contributed by atoms with Gasteiger partial charge in [-0.05, 0) is 25.0 Å². The molecule has 7 nitrogen and oxygen atoms in total. The van der Waals surface area contributed by atoms with Crippen LogP contribution >= 0.6 is 0 Å². The molecular formula is C15H18FN5O2. The molecule has 1 aromatic heterocycles. The summed E-state index contributed by atoms with van der Waals surface area (Å²) in [4.78, 5) is 18.0. The molecule has 1 aliphatic rings. The molecule has 0 aliphatic carbocycles. The van der Waals surface area contributed by atoms with E-state index in [0.717, 1.165) is 12.8 Å². The van der Waals surface area contributed by atoms with Crippen LogP contribution in [0.15, 0.2) is 30.9 Å². The van der Waals surface area contributed by atoms with Crippen LogP contribution in [0.4, 0.5) is 14.9 Å². The number of carbonyl (C=O) groups excluding carboxylic acids is 1. The molecule has 3 rings (SSSR count). The average Bonchev–Trinajstić information content (AvgIpc) is 3.11. The second-order valence-electron chi connectivity index (χ2n) is 5.36. The number of nitrogens with one attached hydrogen (secondary N) is 1. The Morgan fingerprint density at radius 2 is 2.35 bits per heavy atom. The van der Waals surface area contributed by atoms with E-state index in [1.807, 2.05) is 0 Å². The molecule has 2 amide bonds. The molecule has 1 atom stereocenters. The predicted molar refractivity (Wildman–Crippen MR) is 81.8 cm³/mol. The summed E-state index contributed by atoms with van der Waals surface area (Å²) in [6, 6.07) is 4.16. The van der Waals surface area contributed by atoms with E-state index in [-0.39, 0.29) is 17.8 Å². The standard InChI is InChI=1S/C15H18FN5O2/c1-23-13-6-2-5-12(16)14(13)19-15(22)20-7-3-4-11(8-20)21-10-17-9-18-21/h2,5-6,9-11H,3-4,7-8H2,1H3,(H,19,22)/t11-/m0/s1. The minimum absolute atomic E-state index is 0.0582. The van der Waals surface area contributed by atoms with E-state index in [0.29, 0.717) is 18.8 Å². The number of hydrogen-bond donors (Lipinski definition) is 1. The third-order valence-corrected chi connectivity index (χ3v) is 3.92. The van der Waals surface area contributed by atoms with Gasteiger partial charge in [0, 0.05) is 13.1 Å². The zero-order chi connectivity index (χ0) is 16.2. The minimum Gasteiger partial charge on any atom is -0.494 e. The van der Waals surface area contributed by atoms with Crippen molar-refractivity contribution < 1.29 is 13.9 Å². The van der Waals surface area contributed by atoms with Crippen LogP contribution in [-0.4, -0.2) is 45.9 Å². The maximum atomic E-state index is 13.9. The first kappa shape index (κ1) is 15.3. The van der Waals surface area contributed by atoms with Gasteiger partial charge in [0.2, 0.25) is 0 Å². The Morgan fingerprint density at radius 1 is 1.48 bits per heavy atom. The first-order chi connectivity index (χ1) is 11.2. The Balaban J connectivity index is 1.71. The van der Waals surface area contributed by atoms with Crippen molar-refractivity contribution in [3.05, 3.63) is 36.7 Å². The molecule has 2 aromatic rings. The number of ether oxygens (including phenoxy) is 1. The summed E-state index contributed by atoms with van der Waals surface area (Å²) in [6.07, 6.45) is 4.90. The van der Waals surface area contributed by atoms with Crippen LogP contribution in [0.1, 0.15) is 18.9 Å². The van der Waals surface area contributed by atoms with Crippen LogP contribution in [0.25, 0.3) is 0 Å². The number of benzene rings is 1. The van der Waals surface area contributed by atoms with E-state index in [2.05, 4.69) is 15.4 Å². The Hall–Kier alpha value is -2.64. The topological polar surface area (TPSA) is 72.3 Å². The number of para-hydroxylation sites is 1.